The molecule has 0 saturated carbocycles. The van der Waals surface area contributed by atoms with Gasteiger partial charge in [0.25, 0.3) is 0 Å². The van der Waals surface area contributed by atoms with E-state index < -0.39 is 5.79 Å². The maximum absolute atomic E-state index is 5.62. The van der Waals surface area contributed by atoms with Crippen molar-refractivity contribution < 1.29 is 0 Å². The van der Waals surface area contributed by atoms with Crippen LogP contribution >= 0.6 is 0 Å². The summed E-state index contributed by atoms with van der Waals surface area (Å²) in [5.41, 5.74) is 22.3. The normalized spacial score (nSPS) is 15.9. The molecule has 4 heteroatoms. The van der Waals surface area contributed by atoms with Crippen molar-refractivity contribution in [3.8, 4) is 0 Å². The van der Waals surface area contributed by atoms with Gasteiger partial charge in [0.2, 0.25) is 0 Å². The Labute approximate surface area is 81.0 Å². The first-order chi connectivity index (χ1) is 5.66. The minimum Gasteiger partial charge on any atom is -0.330 e. The van der Waals surface area contributed by atoms with Gasteiger partial charge in [-0.15, -0.1) is 0 Å². The summed E-state index contributed by atoms with van der Waals surface area (Å²) in [6.45, 7) is 7.03. The van der Waals surface area contributed by atoms with E-state index in [0.29, 0.717) is 18.9 Å². The molecule has 0 bridgehead atoms. The summed E-state index contributed by atoms with van der Waals surface area (Å²) in [7, 11) is 0. The fourth-order valence-corrected chi connectivity index (χ4v) is 1.70. The van der Waals surface area contributed by atoms with Crippen LogP contribution in [0.15, 0.2) is 0 Å². The summed E-state index contributed by atoms with van der Waals surface area (Å²) < 4.78 is 0. The van der Waals surface area contributed by atoms with Crippen molar-refractivity contribution in [1.29, 1.82) is 0 Å². The third kappa shape index (κ3) is 6.95. The van der Waals surface area contributed by atoms with Crippen LogP contribution in [0.25, 0.3) is 0 Å². The third-order valence-corrected chi connectivity index (χ3v) is 2.16. The average molecular weight is 188 g/mol. The molecule has 0 aromatic heterocycles. The number of nitrogens with two attached hydrogens (primary N) is 4. The highest BCUT2D eigenvalue weighted by molar-refractivity contribution is 4.77. The summed E-state index contributed by atoms with van der Waals surface area (Å²) in [5, 5.41) is 0. The number of hydrogen-bond donors (Lipinski definition) is 4. The van der Waals surface area contributed by atoms with Gasteiger partial charge in [0.15, 0.2) is 0 Å². The fourth-order valence-electron chi connectivity index (χ4n) is 1.70. The first-order valence-electron chi connectivity index (χ1n) is 4.73. The highest BCUT2D eigenvalue weighted by Crippen LogP contribution is 2.26. The standard InChI is InChI=1S/C9H24N4/c1-7(5-9(11,12)13)4-8(2,3)6-10/h7H,4-6,10-13H2,1-3H3. The Morgan fingerprint density at radius 1 is 1.08 bits per heavy atom. The molecule has 0 spiro atoms. The summed E-state index contributed by atoms with van der Waals surface area (Å²) in [4.78, 5) is 0. The lowest BCUT2D eigenvalue weighted by Gasteiger charge is -2.29. The monoisotopic (exact) mass is 188 g/mol. The van der Waals surface area contributed by atoms with Gasteiger partial charge < -0.3 is 22.9 Å². The summed E-state index contributed by atoms with van der Waals surface area (Å²) in [6.07, 6.45) is 1.62. The minimum atomic E-state index is -1.05. The lowest BCUT2D eigenvalue weighted by molar-refractivity contribution is 0.241. The zero-order chi connectivity index (χ0) is 10.7. The zero-order valence-corrected chi connectivity index (χ0v) is 9.01. The summed E-state index contributed by atoms with van der Waals surface area (Å²) in [6, 6.07) is 0. The van der Waals surface area contributed by atoms with Crippen LogP contribution in [0.3, 0.4) is 0 Å². The Morgan fingerprint density at radius 3 is 1.85 bits per heavy atom. The Hall–Kier alpha value is -0.160. The predicted octanol–water partition coefficient (Wildman–Crippen LogP) is -0.0825. The van der Waals surface area contributed by atoms with Gasteiger partial charge >= 0.3 is 0 Å². The van der Waals surface area contributed by atoms with Crippen LogP contribution < -0.4 is 22.9 Å². The molecule has 1 atom stereocenters. The molecule has 80 valence electrons. The Bertz CT molecular complexity index is 148. The van der Waals surface area contributed by atoms with Crippen LogP contribution in [-0.2, 0) is 0 Å². The first-order valence-corrected chi connectivity index (χ1v) is 4.73. The maximum atomic E-state index is 5.62. The SMILES string of the molecule is CC(CC(N)(N)N)CC(C)(C)CN. The van der Waals surface area contributed by atoms with Crippen molar-refractivity contribution in [2.24, 2.45) is 34.3 Å². The van der Waals surface area contributed by atoms with Gasteiger partial charge in [0.1, 0.15) is 5.79 Å². The summed E-state index contributed by atoms with van der Waals surface area (Å²) >= 11 is 0. The summed E-state index contributed by atoms with van der Waals surface area (Å²) in [5.74, 6) is -0.650. The average Bonchev–Trinajstić information content (AvgIpc) is 1.81. The van der Waals surface area contributed by atoms with E-state index in [1.54, 1.807) is 0 Å². The highest BCUT2D eigenvalue weighted by atomic mass is 15.1. The molecule has 0 fully saturated rings. The lowest BCUT2D eigenvalue weighted by atomic mass is 9.81. The van der Waals surface area contributed by atoms with Crippen molar-refractivity contribution in [1.82, 2.24) is 0 Å². The smallest absolute Gasteiger partial charge is 0.116 e. The molecule has 0 radical (unpaired) electrons. The highest BCUT2D eigenvalue weighted by Gasteiger charge is 2.23. The molecule has 0 aliphatic heterocycles. The number of hydrogen-bond acceptors (Lipinski definition) is 4. The van der Waals surface area contributed by atoms with Crippen LogP contribution in [0.5, 0.6) is 0 Å². The van der Waals surface area contributed by atoms with Gasteiger partial charge in [0.05, 0.1) is 0 Å². The topological polar surface area (TPSA) is 104 Å². The van der Waals surface area contributed by atoms with Crippen molar-refractivity contribution in [2.45, 2.75) is 39.4 Å². The van der Waals surface area contributed by atoms with E-state index >= 15 is 0 Å². The molecule has 0 aromatic carbocycles. The molecule has 0 rings (SSSR count). The van der Waals surface area contributed by atoms with Crippen LogP contribution in [0.1, 0.15) is 33.6 Å². The molecule has 0 amide bonds. The van der Waals surface area contributed by atoms with E-state index in [4.69, 9.17) is 22.9 Å². The molecular formula is C9H24N4. The van der Waals surface area contributed by atoms with Gasteiger partial charge in [0, 0.05) is 0 Å². The van der Waals surface area contributed by atoms with E-state index in [-0.39, 0.29) is 5.41 Å². The van der Waals surface area contributed by atoms with E-state index in [1.165, 1.54) is 0 Å². The zero-order valence-electron chi connectivity index (χ0n) is 9.01. The first kappa shape index (κ1) is 12.8. The van der Waals surface area contributed by atoms with Gasteiger partial charge in [-0.25, -0.2) is 0 Å². The van der Waals surface area contributed by atoms with Crippen molar-refractivity contribution in [3.63, 3.8) is 0 Å². The van der Waals surface area contributed by atoms with Crippen molar-refractivity contribution in [2.75, 3.05) is 6.54 Å². The molecule has 0 aliphatic carbocycles. The molecule has 8 N–H and O–H groups in total. The third-order valence-electron chi connectivity index (χ3n) is 2.16. The molecule has 0 aliphatic rings. The van der Waals surface area contributed by atoms with E-state index in [2.05, 4.69) is 20.8 Å². The second-order valence-electron chi connectivity index (χ2n) is 4.99. The van der Waals surface area contributed by atoms with Gasteiger partial charge in [-0.3, -0.25) is 0 Å². The minimum absolute atomic E-state index is 0.144. The van der Waals surface area contributed by atoms with Crippen LogP contribution in [0.4, 0.5) is 0 Å². The van der Waals surface area contributed by atoms with E-state index in [9.17, 15) is 0 Å². The largest absolute Gasteiger partial charge is 0.330 e. The molecule has 0 aromatic rings. The Balaban J connectivity index is 3.94. The number of rotatable bonds is 5. The molecular weight excluding hydrogens is 164 g/mol. The van der Waals surface area contributed by atoms with Gasteiger partial charge in [-0.2, -0.15) is 0 Å². The van der Waals surface area contributed by atoms with Crippen molar-refractivity contribution in [3.05, 3.63) is 0 Å². The Morgan fingerprint density at radius 2 is 1.54 bits per heavy atom. The second kappa shape index (κ2) is 4.37. The predicted molar refractivity (Wildman–Crippen MR) is 56.5 cm³/mol. The van der Waals surface area contributed by atoms with Crippen LogP contribution in [-0.4, -0.2) is 12.3 Å². The maximum Gasteiger partial charge on any atom is 0.116 e. The van der Waals surface area contributed by atoms with Gasteiger partial charge in [-0.05, 0) is 30.7 Å². The molecule has 4 nitrogen and oxygen atoms in total. The Kier molecular flexibility index (Phi) is 4.32. The van der Waals surface area contributed by atoms with E-state index in [0.717, 1.165) is 6.42 Å². The molecule has 0 saturated heterocycles. The van der Waals surface area contributed by atoms with E-state index in [1.807, 2.05) is 0 Å². The molecule has 1 unspecified atom stereocenters. The van der Waals surface area contributed by atoms with Crippen LogP contribution in [0, 0.1) is 11.3 Å². The van der Waals surface area contributed by atoms with Crippen molar-refractivity contribution >= 4 is 0 Å². The van der Waals surface area contributed by atoms with Gasteiger partial charge in [-0.1, -0.05) is 20.8 Å². The fraction of sp³-hybridized carbons (Fsp3) is 1.00. The van der Waals surface area contributed by atoms with Crippen LogP contribution in [0.2, 0.25) is 0 Å². The quantitative estimate of drug-likeness (QED) is 0.453. The molecule has 13 heavy (non-hydrogen) atoms. The second-order valence-corrected chi connectivity index (χ2v) is 4.99. The lowest BCUT2D eigenvalue weighted by Crippen LogP contribution is -2.58. The molecule has 0 heterocycles.